The lowest BCUT2D eigenvalue weighted by Gasteiger charge is -2.42. The molecule has 6 heteroatoms. The Bertz CT molecular complexity index is 6820. The van der Waals surface area contributed by atoms with Crippen LogP contribution in [0, 0.1) is 0 Å². The fourth-order valence-corrected chi connectivity index (χ4v) is 20.3. The molecule has 2 aliphatic heterocycles. The van der Waals surface area contributed by atoms with Crippen molar-refractivity contribution < 1.29 is 0 Å². The van der Waals surface area contributed by atoms with E-state index in [9.17, 15) is 0 Å². The molecule has 3 nitrogen and oxygen atoms in total. The van der Waals surface area contributed by atoms with Gasteiger partial charge in [-0.25, -0.2) is 0 Å². The molecule has 0 fully saturated rings. The largest absolute Gasteiger partial charge is 0.310 e. The number of rotatable bonds is 10. The highest BCUT2D eigenvalue weighted by atomic mass is 32.2. The van der Waals surface area contributed by atoms with Crippen molar-refractivity contribution in [2.45, 2.75) is 62.2 Å². The Balaban J connectivity index is 0.887. The number of hydrogen-bond donors (Lipinski definition) is 0. The van der Waals surface area contributed by atoms with Gasteiger partial charge in [0.15, 0.2) is 0 Å². The molecule has 16 aromatic carbocycles. The first-order valence-electron chi connectivity index (χ1n) is 38.4. The van der Waals surface area contributed by atoms with Gasteiger partial charge in [-0.2, -0.15) is 0 Å². The van der Waals surface area contributed by atoms with Crippen molar-refractivity contribution in [3.8, 4) is 89.3 Å². The first-order valence-corrected chi connectivity index (χ1v) is 40.0. The highest BCUT2D eigenvalue weighted by Crippen LogP contribution is 2.54. The van der Waals surface area contributed by atoms with Crippen LogP contribution in [0.5, 0.6) is 0 Å². The molecule has 110 heavy (non-hydrogen) atoms. The topological polar surface area (TPSA) is 13.1 Å². The number of hydrogen-bond acceptors (Lipinski definition) is 3. The summed E-state index contributed by atoms with van der Waals surface area (Å²) in [5.74, 6) is 0. The van der Waals surface area contributed by atoms with Crippen molar-refractivity contribution in [1.82, 2.24) is 9.13 Å². The van der Waals surface area contributed by atoms with Crippen LogP contribution >= 0.6 is 23.1 Å². The van der Waals surface area contributed by atoms with Gasteiger partial charge in [0.2, 0.25) is 6.71 Å². The molecule has 0 spiro atoms. The van der Waals surface area contributed by atoms with Crippen molar-refractivity contribution in [3.05, 3.63) is 363 Å². The van der Waals surface area contributed by atoms with E-state index in [1.807, 2.05) is 23.1 Å². The minimum atomic E-state index is -0.171. The maximum atomic E-state index is 2.73. The number of benzene rings is 16. The third-order valence-corrected chi connectivity index (χ3v) is 25.6. The number of fused-ring (bicyclic) bond motifs is 14. The summed E-state index contributed by atoms with van der Waals surface area (Å²) in [6.07, 6.45) is 0. The first-order chi connectivity index (χ1) is 53.8. The third kappa shape index (κ3) is 10.9. The summed E-state index contributed by atoms with van der Waals surface area (Å²) in [5, 5.41) is 7.48. The molecule has 5 heterocycles. The maximum Gasteiger partial charge on any atom is 0.249 e. The minimum absolute atomic E-state index is 0.0400. The first kappa shape index (κ1) is 65.8. The van der Waals surface area contributed by atoms with Crippen LogP contribution in [0.3, 0.4) is 0 Å². The molecule has 0 N–H and O–H groups in total. The average Bonchev–Trinajstić information content (AvgIpc) is 1.02. The number of nitrogens with zero attached hydrogens (tertiary/aromatic N) is 3. The molecule has 19 aromatic rings. The molecule has 0 atom stereocenters. The van der Waals surface area contributed by atoms with Crippen LogP contribution in [-0.2, 0) is 10.8 Å². The molecule has 21 rings (SSSR count). The molecule has 0 saturated heterocycles. The highest BCUT2D eigenvalue weighted by molar-refractivity contribution is 8.00. The van der Waals surface area contributed by atoms with Gasteiger partial charge in [-0.1, -0.05) is 320 Å². The van der Waals surface area contributed by atoms with Crippen LogP contribution < -0.4 is 21.3 Å². The van der Waals surface area contributed by atoms with E-state index in [1.165, 1.54) is 124 Å². The fraction of sp³-hybridized carbons (Fsp3) is 0.0769. The summed E-state index contributed by atoms with van der Waals surface area (Å²) in [4.78, 5) is 5.28. The van der Waals surface area contributed by atoms with E-state index in [-0.39, 0.29) is 17.5 Å². The Labute approximate surface area is 650 Å². The Morgan fingerprint density at radius 3 is 1.25 bits per heavy atom. The van der Waals surface area contributed by atoms with Crippen LogP contribution in [-0.4, -0.2) is 15.8 Å². The number of thiophene rings is 1. The van der Waals surface area contributed by atoms with Gasteiger partial charge in [0.25, 0.3) is 0 Å². The summed E-state index contributed by atoms with van der Waals surface area (Å²) < 4.78 is 7.69. The molecule has 0 amide bonds. The smallest absolute Gasteiger partial charge is 0.249 e. The average molecular weight is 1440 g/mol. The summed E-state index contributed by atoms with van der Waals surface area (Å²) in [6.45, 7) is 13.9. The summed E-state index contributed by atoms with van der Waals surface area (Å²) >= 11 is 3.87. The van der Waals surface area contributed by atoms with Gasteiger partial charge in [-0.3, -0.25) is 0 Å². The molecule has 0 bridgehead atoms. The van der Waals surface area contributed by atoms with Gasteiger partial charge in [0.1, 0.15) is 0 Å². The zero-order valence-corrected chi connectivity index (χ0v) is 63.9. The van der Waals surface area contributed by atoms with E-state index < -0.39 is 0 Å². The Morgan fingerprint density at radius 2 is 0.709 bits per heavy atom. The van der Waals surface area contributed by atoms with E-state index in [4.69, 9.17) is 0 Å². The minimum Gasteiger partial charge on any atom is -0.310 e. The number of anilines is 3. The molecular formula is C104H76BN3S2. The predicted molar refractivity (Wildman–Crippen MR) is 473 cm³/mol. The lowest BCUT2D eigenvalue weighted by Crippen LogP contribution is -2.60. The van der Waals surface area contributed by atoms with Crippen LogP contribution in [0.15, 0.2) is 362 Å². The predicted octanol–water partition coefficient (Wildman–Crippen LogP) is 27.3. The SMILES string of the molecule is CC(C)(C)c1cc(-c2ccc3c(c2)c2ccccc2n3-c2cc3c4c(c2)N(c2c(-c5cccc(-c6ccccc6)c5)cccc2-c2cccc(-c5ccccc5)c2)c2cc(-n5c6ccccc6c6cc(-c7ccccc7)ccc65)ccc2B4c2ccc4sc5ccc(-c6ccccc6)cc5c4c2S3)cc(C(C)(C)C)c1. The van der Waals surface area contributed by atoms with Gasteiger partial charge in [-0.15, -0.1) is 11.3 Å². The third-order valence-electron chi connectivity index (χ3n) is 23.2. The second kappa shape index (κ2) is 25.6. The van der Waals surface area contributed by atoms with Crippen molar-refractivity contribution in [2.75, 3.05) is 4.90 Å². The van der Waals surface area contributed by atoms with Gasteiger partial charge < -0.3 is 14.0 Å². The maximum absolute atomic E-state index is 2.73. The Morgan fingerprint density at radius 1 is 0.282 bits per heavy atom. The molecule has 0 unspecified atom stereocenters. The van der Waals surface area contributed by atoms with Gasteiger partial charge in [0.05, 0.1) is 27.8 Å². The zero-order chi connectivity index (χ0) is 73.7. The molecule has 3 aromatic heterocycles. The summed E-state index contributed by atoms with van der Waals surface area (Å²) in [7, 11) is 0. The zero-order valence-electron chi connectivity index (χ0n) is 62.2. The molecule has 0 radical (unpaired) electrons. The van der Waals surface area contributed by atoms with E-state index in [2.05, 4.69) is 407 Å². The Hall–Kier alpha value is -12.4. The van der Waals surface area contributed by atoms with Gasteiger partial charge >= 0.3 is 0 Å². The van der Waals surface area contributed by atoms with E-state index in [0.717, 1.165) is 83.9 Å². The molecule has 0 aliphatic carbocycles. The van der Waals surface area contributed by atoms with Crippen molar-refractivity contribution in [2.24, 2.45) is 0 Å². The van der Waals surface area contributed by atoms with Gasteiger partial charge in [0, 0.05) is 85.4 Å². The standard InChI is InChI=1S/C104H76BN3S2/c1-103(2,3)77-56-76(57-78(61-77)104(4,5)6)73-45-51-93-86(59-73)84-39-20-22-43-91(84)107(93)80-63-95-100-98(64-80)110-102-89(49-53-97-99(102)87-60-72(46-52-96(87)109-97)68-32-17-10-18-33-68)105(100)88-48-47-79(106-90-42-21-19-38-83(90)85-58-71(44-50-92(85)106)67-30-15-9-16-31-67)62-94(88)108(95)101-81(74-36-23-34-69(54-74)65-26-11-7-12-27-65)40-25-41-82(101)75-37-24-35-70(55-75)66-28-13-8-14-29-66/h7-64H,1-6H3. The van der Waals surface area contributed by atoms with Crippen LogP contribution in [0.25, 0.3) is 153 Å². The molecule has 2 aliphatic rings. The van der Waals surface area contributed by atoms with Gasteiger partial charge in [-0.05, 0) is 191 Å². The number of para-hydroxylation sites is 3. The second-order valence-corrected chi connectivity index (χ2v) is 34.1. The molecule has 522 valence electrons. The van der Waals surface area contributed by atoms with E-state index in [0.29, 0.717) is 0 Å². The van der Waals surface area contributed by atoms with E-state index >= 15 is 0 Å². The van der Waals surface area contributed by atoms with Crippen molar-refractivity contribution in [1.29, 1.82) is 0 Å². The quantitative estimate of drug-likeness (QED) is 0.127. The highest BCUT2D eigenvalue weighted by Gasteiger charge is 2.44. The second-order valence-electron chi connectivity index (χ2n) is 32.0. The normalized spacial score (nSPS) is 12.7. The van der Waals surface area contributed by atoms with Crippen LogP contribution in [0.2, 0.25) is 0 Å². The van der Waals surface area contributed by atoms with E-state index in [1.54, 1.807) is 0 Å². The summed E-state index contributed by atoms with van der Waals surface area (Å²) in [6, 6.07) is 134. The Kier molecular flexibility index (Phi) is 15.3. The van der Waals surface area contributed by atoms with Crippen LogP contribution in [0.4, 0.5) is 17.1 Å². The lowest BCUT2D eigenvalue weighted by atomic mass is 9.34. The number of aromatic nitrogens is 2. The molecular weight excluding hydrogens is 1370 g/mol. The van der Waals surface area contributed by atoms with Crippen molar-refractivity contribution in [3.63, 3.8) is 0 Å². The summed E-state index contributed by atoms with van der Waals surface area (Å²) in [5.41, 5.74) is 33.1. The fourth-order valence-electron chi connectivity index (χ4n) is 17.8. The monoisotopic (exact) mass is 1440 g/mol. The molecule has 0 saturated carbocycles. The van der Waals surface area contributed by atoms with Crippen molar-refractivity contribution >= 4 is 127 Å². The van der Waals surface area contributed by atoms with Crippen LogP contribution in [0.1, 0.15) is 52.7 Å². The lowest BCUT2D eigenvalue weighted by molar-refractivity contribution is 0.569.